The molecule has 1 amide bonds. The maximum atomic E-state index is 13.7. The molecule has 0 aliphatic carbocycles. The smallest absolute Gasteiger partial charge is 0.255 e. The first-order valence-corrected chi connectivity index (χ1v) is 10.1. The van der Waals surface area contributed by atoms with E-state index in [-0.39, 0.29) is 35.0 Å². The number of methoxy groups -OCH3 is 1. The number of anilines is 1. The standard InChI is InChI=1S/C19H21FN2O5S/c1-13-3-4-14(11-16(13)20)19(23)21-15-5-6-17(26-2)18(12-15)28(24,25)22-7-9-27-10-8-22/h3-6,11-12H,7-10H2,1-2H3,(H,21,23). The Morgan fingerprint density at radius 1 is 1.18 bits per heavy atom. The van der Waals surface area contributed by atoms with Crippen molar-refractivity contribution in [2.75, 3.05) is 38.7 Å². The number of morpholine rings is 1. The number of carbonyl (C=O) groups excluding carboxylic acids is 1. The van der Waals surface area contributed by atoms with Crippen molar-refractivity contribution in [3.63, 3.8) is 0 Å². The molecule has 1 aliphatic heterocycles. The highest BCUT2D eigenvalue weighted by Crippen LogP contribution is 2.30. The van der Waals surface area contributed by atoms with Gasteiger partial charge in [-0.05, 0) is 42.8 Å². The molecule has 0 bridgehead atoms. The number of nitrogens with zero attached hydrogens (tertiary/aromatic N) is 1. The molecule has 3 rings (SSSR count). The fourth-order valence-electron chi connectivity index (χ4n) is 2.82. The number of halogens is 1. The van der Waals surface area contributed by atoms with Crippen molar-refractivity contribution in [2.24, 2.45) is 0 Å². The molecule has 7 nitrogen and oxygen atoms in total. The third kappa shape index (κ3) is 4.16. The zero-order valence-electron chi connectivity index (χ0n) is 15.6. The monoisotopic (exact) mass is 408 g/mol. The van der Waals surface area contributed by atoms with Crippen molar-refractivity contribution in [2.45, 2.75) is 11.8 Å². The minimum absolute atomic E-state index is 0.0511. The number of hydrogen-bond acceptors (Lipinski definition) is 5. The van der Waals surface area contributed by atoms with Gasteiger partial charge in [0.05, 0.1) is 20.3 Å². The van der Waals surface area contributed by atoms with E-state index in [0.29, 0.717) is 18.8 Å². The molecule has 0 spiro atoms. The molecule has 0 aromatic heterocycles. The number of aryl methyl sites for hydroxylation is 1. The summed E-state index contributed by atoms with van der Waals surface area (Å²) in [5.74, 6) is -0.859. The molecular weight excluding hydrogens is 387 g/mol. The molecule has 0 radical (unpaired) electrons. The van der Waals surface area contributed by atoms with Crippen molar-refractivity contribution in [1.82, 2.24) is 4.31 Å². The van der Waals surface area contributed by atoms with Gasteiger partial charge >= 0.3 is 0 Å². The zero-order chi connectivity index (χ0) is 20.3. The summed E-state index contributed by atoms with van der Waals surface area (Å²) >= 11 is 0. The van der Waals surface area contributed by atoms with E-state index in [1.54, 1.807) is 6.92 Å². The summed E-state index contributed by atoms with van der Waals surface area (Å²) in [6.45, 7) is 2.71. The summed E-state index contributed by atoms with van der Waals surface area (Å²) in [5.41, 5.74) is 0.829. The Kier molecular flexibility index (Phi) is 5.97. The average Bonchev–Trinajstić information content (AvgIpc) is 2.70. The Labute approximate surface area is 163 Å². The normalized spacial score (nSPS) is 15.2. The van der Waals surface area contributed by atoms with E-state index in [1.807, 2.05) is 0 Å². The van der Waals surface area contributed by atoms with Gasteiger partial charge in [-0.25, -0.2) is 12.8 Å². The fraction of sp³-hybridized carbons (Fsp3) is 0.316. The van der Waals surface area contributed by atoms with Crippen LogP contribution in [0, 0.1) is 12.7 Å². The van der Waals surface area contributed by atoms with Crippen molar-refractivity contribution in [1.29, 1.82) is 0 Å². The largest absolute Gasteiger partial charge is 0.495 e. The maximum Gasteiger partial charge on any atom is 0.255 e. The van der Waals surface area contributed by atoms with E-state index in [0.717, 1.165) is 6.07 Å². The predicted octanol–water partition coefficient (Wildman–Crippen LogP) is 2.42. The van der Waals surface area contributed by atoms with Crippen LogP contribution in [0.5, 0.6) is 5.75 Å². The van der Waals surface area contributed by atoms with Crippen LogP contribution in [0.15, 0.2) is 41.3 Å². The van der Waals surface area contributed by atoms with Gasteiger partial charge in [-0.3, -0.25) is 4.79 Å². The molecule has 0 saturated carbocycles. The lowest BCUT2D eigenvalue weighted by Gasteiger charge is -2.26. The molecule has 2 aromatic carbocycles. The first-order chi connectivity index (χ1) is 13.3. The van der Waals surface area contributed by atoms with Gasteiger partial charge < -0.3 is 14.8 Å². The van der Waals surface area contributed by atoms with Crippen LogP contribution in [-0.2, 0) is 14.8 Å². The second-order valence-electron chi connectivity index (χ2n) is 6.30. The van der Waals surface area contributed by atoms with E-state index in [1.165, 1.54) is 41.7 Å². The van der Waals surface area contributed by atoms with E-state index < -0.39 is 21.7 Å². The van der Waals surface area contributed by atoms with E-state index in [9.17, 15) is 17.6 Å². The topological polar surface area (TPSA) is 84.9 Å². The molecule has 28 heavy (non-hydrogen) atoms. The number of nitrogens with one attached hydrogen (secondary N) is 1. The average molecular weight is 408 g/mol. The quantitative estimate of drug-likeness (QED) is 0.821. The minimum Gasteiger partial charge on any atom is -0.495 e. The van der Waals surface area contributed by atoms with Gasteiger partial charge in [0.15, 0.2) is 0 Å². The molecule has 2 aromatic rings. The van der Waals surface area contributed by atoms with Crippen LogP contribution in [0.25, 0.3) is 0 Å². The third-order valence-corrected chi connectivity index (χ3v) is 6.36. The second kappa shape index (κ2) is 8.26. The van der Waals surface area contributed by atoms with Gasteiger partial charge in [0.25, 0.3) is 5.91 Å². The summed E-state index contributed by atoms with van der Waals surface area (Å²) in [6, 6.07) is 8.49. The van der Waals surface area contributed by atoms with Crippen LogP contribution >= 0.6 is 0 Å². The Bertz CT molecular complexity index is 988. The van der Waals surface area contributed by atoms with Gasteiger partial charge in [-0.1, -0.05) is 6.07 Å². The van der Waals surface area contributed by atoms with Crippen LogP contribution in [0.3, 0.4) is 0 Å². The van der Waals surface area contributed by atoms with Crippen molar-refractivity contribution >= 4 is 21.6 Å². The molecule has 9 heteroatoms. The Balaban J connectivity index is 1.90. The van der Waals surface area contributed by atoms with Crippen molar-refractivity contribution in [3.05, 3.63) is 53.3 Å². The molecule has 0 atom stereocenters. The van der Waals surface area contributed by atoms with Crippen molar-refractivity contribution < 1.29 is 27.1 Å². The Hall–Kier alpha value is -2.49. The minimum atomic E-state index is -3.82. The maximum absolute atomic E-state index is 13.7. The third-order valence-electron chi connectivity index (χ3n) is 4.44. The lowest BCUT2D eigenvalue weighted by Crippen LogP contribution is -2.40. The summed E-state index contributed by atoms with van der Waals surface area (Å²) in [7, 11) is -2.45. The number of hydrogen-bond donors (Lipinski definition) is 1. The molecule has 1 heterocycles. The van der Waals surface area contributed by atoms with E-state index >= 15 is 0 Å². The van der Waals surface area contributed by atoms with Gasteiger partial charge in [-0.15, -0.1) is 0 Å². The molecule has 150 valence electrons. The second-order valence-corrected chi connectivity index (χ2v) is 8.21. The van der Waals surface area contributed by atoms with Gasteiger partial charge in [0, 0.05) is 24.3 Å². The van der Waals surface area contributed by atoms with Crippen LogP contribution in [0.2, 0.25) is 0 Å². The van der Waals surface area contributed by atoms with Gasteiger partial charge in [0.2, 0.25) is 10.0 Å². The number of benzene rings is 2. The molecular formula is C19H21FN2O5S. The summed E-state index contributed by atoms with van der Waals surface area (Å²) < 4.78 is 51.4. The van der Waals surface area contributed by atoms with E-state index in [2.05, 4.69) is 5.32 Å². The molecule has 1 saturated heterocycles. The number of ether oxygens (including phenoxy) is 2. The van der Waals surface area contributed by atoms with Gasteiger partial charge in [0.1, 0.15) is 16.5 Å². The number of sulfonamides is 1. The highest BCUT2D eigenvalue weighted by Gasteiger charge is 2.29. The Morgan fingerprint density at radius 2 is 1.89 bits per heavy atom. The highest BCUT2D eigenvalue weighted by molar-refractivity contribution is 7.89. The van der Waals surface area contributed by atoms with Crippen LogP contribution < -0.4 is 10.1 Å². The van der Waals surface area contributed by atoms with Crippen LogP contribution in [0.4, 0.5) is 10.1 Å². The zero-order valence-corrected chi connectivity index (χ0v) is 16.4. The fourth-order valence-corrected chi connectivity index (χ4v) is 4.41. The predicted molar refractivity (Wildman–Crippen MR) is 102 cm³/mol. The lowest BCUT2D eigenvalue weighted by atomic mass is 10.1. The molecule has 1 aliphatic rings. The summed E-state index contributed by atoms with van der Waals surface area (Å²) in [6.07, 6.45) is 0. The SMILES string of the molecule is COc1ccc(NC(=O)c2ccc(C)c(F)c2)cc1S(=O)(=O)N1CCOCC1. The van der Waals surface area contributed by atoms with Crippen LogP contribution in [-0.4, -0.2) is 52.0 Å². The number of rotatable bonds is 5. The van der Waals surface area contributed by atoms with Crippen molar-refractivity contribution in [3.8, 4) is 5.75 Å². The number of carbonyl (C=O) groups is 1. The van der Waals surface area contributed by atoms with E-state index in [4.69, 9.17) is 9.47 Å². The summed E-state index contributed by atoms with van der Waals surface area (Å²) in [4.78, 5) is 12.4. The lowest BCUT2D eigenvalue weighted by molar-refractivity contribution is 0.0729. The van der Waals surface area contributed by atoms with Gasteiger partial charge in [-0.2, -0.15) is 4.31 Å². The first kappa shape index (κ1) is 20.2. The molecule has 0 unspecified atom stereocenters. The molecule has 1 fully saturated rings. The number of amides is 1. The Morgan fingerprint density at radius 3 is 2.54 bits per heavy atom. The summed E-state index contributed by atoms with van der Waals surface area (Å²) in [5, 5.41) is 2.60. The first-order valence-electron chi connectivity index (χ1n) is 8.66. The highest BCUT2D eigenvalue weighted by atomic mass is 32.2. The van der Waals surface area contributed by atoms with Crippen LogP contribution in [0.1, 0.15) is 15.9 Å². The molecule has 1 N–H and O–H groups in total.